The summed E-state index contributed by atoms with van der Waals surface area (Å²) >= 11 is 0. The largest absolute Gasteiger partial charge is 0.454 e. The zero-order chi connectivity index (χ0) is 13.9. The summed E-state index contributed by atoms with van der Waals surface area (Å²) in [7, 11) is -1.14. The molecule has 20 heavy (non-hydrogen) atoms. The summed E-state index contributed by atoms with van der Waals surface area (Å²) in [5, 5.41) is 0.0710. The number of ketones is 1. The van der Waals surface area contributed by atoms with Gasteiger partial charge in [0.1, 0.15) is 0 Å². The minimum Gasteiger partial charge on any atom is -0.454 e. The third-order valence-electron chi connectivity index (χ3n) is 3.51. The minimum absolute atomic E-state index is 0.0598. The topological polar surface area (TPSA) is 61.8 Å². The van der Waals surface area contributed by atoms with E-state index >= 15 is 0 Å². The molecule has 1 unspecified atom stereocenters. The van der Waals surface area contributed by atoms with Gasteiger partial charge in [0.2, 0.25) is 6.79 Å². The van der Waals surface area contributed by atoms with Crippen molar-refractivity contribution < 1.29 is 23.2 Å². The van der Waals surface area contributed by atoms with E-state index in [2.05, 4.69) is 0 Å². The smallest absolute Gasteiger partial charge is 0.231 e. The Bertz CT molecular complexity index is 536. The van der Waals surface area contributed by atoms with Crippen molar-refractivity contribution in [3.8, 4) is 11.5 Å². The molecule has 0 aliphatic carbocycles. The van der Waals surface area contributed by atoms with Gasteiger partial charge < -0.3 is 14.2 Å². The maximum absolute atomic E-state index is 12.2. The van der Waals surface area contributed by atoms with Crippen LogP contribution in [0.1, 0.15) is 23.2 Å². The van der Waals surface area contributed by atoms with E-state index in [1.807, 2.05) is 0 Å². The molecule has 0 N–H and O–H groups in total. The predicted octanol–water partition coefficient (Wildman–Crippen LogP) is 1.53. The summed E-state index contributed by atoms with van der Waals surface area (Å²) in [4.78, 5) is 12.2. The average molecular weight is 296 g/mol. The number of fused-ring (bicyclic) bond motifs is 1. The molecule has 2 aliphatic rings. The maximum atomic E-state index is 12.2. The number of ether oxygens (including phenoxy) is 3. The first-order valence-corrected chi connectivity index (χ1v) is 8.00. The summed E-state index contributed by atoms with van der Waals surface area (Å²) in [6.45, 7) is 1.45. The van der Waals surface area contributed by atoms with Crippen LogP contribution in [0.2, 0.25) is 0 Å². The molecule has 1 saturated heterocycles. The molecule has 0 bridgehead atoms. The van der Waals surface area contributed by atoms with E-state index in [1.54, 1.807) is 18.2 Å². The summed E-state index contributed by atoms with van der Waals surface area (Å²) in [5.74, 6) is 1.16. The number of benzene rings is 1. The first kappa shape index (κ1) is 13.6. The standard InChI is InChI=1S/C14H16O5S/c15-12(8-20(16)11-3-5-17-6-4-11)10-1-2-13-14(7-10)19-9-18-13/h1-2,7,11H,3-6,8-9H2. The number of rotatable bonds is 4. The number of hydrogen-bond donors (Lipinski definition) is 0. The fourth-order valence-electron chi connectivity index (χ4n) is 2.34. The van der Waals surface area contributed by atoms with E-state index in [-0.39, 0.29) is 23.6 Å². The Hall–Kier alpha value is -1.40. The highest BCUT2D eigenvalue weighted by molar-refractivity contribution is 7.86. The van der Waals surface area contributed by atoms with Crippen LogP contribution >= 0.6 is 0 Å². The van der Waals surface area contributed by atoms with Gasteiger partial charge in [-0.05, 0) is 31.0 Å². The fourth-order valence-corrected chi connectivity index (χ4v) is 3.72. The van der Waals surface area contributed by atoms with Crippen molar-refractivity contribution in [1.29, 1.82) is 0 Å². The van der Waals surface area contributed by atoms with Gasteiger partial charge >= 0.3 is 0 Å². The first-order valence-electron chi connectivity index (χ1n) is 6.62. The summed E-state index contributed by atoms with van der Waals surface area (Å²) in [5.41, 5.74) is 0.523. The number of Topliss-reactive ketones (excluding diaryl/α,β-unsaturated/α-hetero) is 1. The molecule has 1 aromatic rings. The first-order chi connectivity index (χ1) is 9.74. The average Bonchev–Trinajstić information content (AvgIpc) is 2.95. The quantitative estimate of drug-likeness (QED) is 0.788. The molecular weight excluding hydrogens is 280 g/mol. The van der Waals surface area contributed by atoms with Crippen molar-refractivity contribution in [1.82, 2.24) is 0 Å². The minimum atomic E-state index is -1.14. The Morgan fingerprint density at radius 3 is 2.75 bits per heavy atom. The van der Waals surface area contributed by atoms with E-state index in [9.17, 15) is 9.00 Å². The Morgan fingerprint density at radius 2 is 1.95 bits per heavy atom. The second-order valence-electron chi connectivity index (χ2n) is 4.83. The molecule has 0 amide bonds. The van der Waals surface area contributed by atoms with Gasteiger partial charge in [-0.15, -0.1) is 0 Å². The fraction of sp³-hybridized carbons (Fsp3) is 0.500. The lowest BCUT2D eigenvalue weighted by molar-refractivity contribution is 0.0980. The van der Waals surface area contributed by atoms with Crippen molar-refractivity contribution in [3.05, 3.63) is 23.8 Å². The molecule has 5 nitrogen and oxygen atoms in total. The number of hydrogen-bond acceptors (Lipinski definition) is 5. The zero-order valence-electron chi connectivity index (χ0n) is 11.0. The highest BCUT2D eigenvalue weighted by atomic mass is 32.2. The molecule has 108 valence electrons. The predicted molar refractivity (Wildman–Crippen MR) is 73.7 cm³/mol. The second-order valence-corrected chi connectivity index (χ2v) is 6.54. The van der Waals surface area contributed by atoms with Crippen molar-refractivity contribution in [2.45, 2.75) is 18.1 Å². The highest BCUT2D eigenvalue weighted by Gasteiger charge is 2.23. The van der Waals surface area contributed by atoms with Crippen LogP contribution in [0.3, 0.4) is 0 Å². The molecule has 6 heteroatoms. The summed E-state index contributed by atoms with van der Waals surface area (Å²) in [6.07, 6.45) is 1.53. The van der Waals surface area contributed by atoms with Gasteiger partial charge in [0.25, 0.3) is 0 Å². The normalized spacial score (nSPS) is 19.8. The Morgan fingerprint density at radius 1 is 1.20 bits per heavy atom. The van der Waals surface area contributed by atoms with Gasteiger partial charge in [0.05, 0.1) is 5.75 Å². The molecule has 3 rings (SSSR count). The van der Waals surface area contributed by atoms with E-state index in [0.717, 1.165) is 12.8 Å². The van der Waals surface area contributed by atoms with Crippen LogP contribution in [0.25, 0.3) is 0 Å². The molecular formula is C14H16O5S. The monoisotopic (exact) mass is 296 g/mol. The van der Waals surface area contributed by atoms with Crippen LogP contribution in [0, 0.1) is 0 Å². The van der Waals surface area contributed by atoms with Crippen LogP contribution in [0.5, 0.6) is 11.5 Å². The highest BCUT2D eigenvalue weighted by Crippen LogP contribution is 2.32. The van der Waals surface area contributed by atoms with Gasteiger partial charge in [0.15, 0.2) is 17.3 Å². The Labute approximate surface area is 119 Å². The lowest BCUT2D eigenvalue weighted by Gasteiger charge is -2.21. The lowest BCUT2D eigenvalue weighted by atomic mass is 10.1. The van der Waals surface area contributed by atoms with Crippen molar-refractivity contribution in [2.75, 3.05) is 25.8 Å². The van der Waals surface area contributed by atoms with Crippen LogP contribution in [0.15, 0.2) is 18.2 Å². The van der Waals surface area contributed by atoms with Gasteiger partial charge in [0, 0.05) is 34.8 Å². The molecule has 0 saturated carbocycles. The Balaban J connectivity index is 1.65. The van der Waals surface area contributed by atoms with Crippen LogP contribution in [0.4, 0.5) is 0 Å². The molecule has 0 radical (unpaired) electrons. The molecule has 1 aromatic carbocycles. The molecule has 1 fully saturated rings. The molecule has 1 atom stereocenters. The van der Waals surface area contributed by atoms with E-state index in [4.69, 9.17) is 14.2 Å². The van der Waals surface area contributed by atoms with Gasteiger partial charge in [-0.1, -0.05) is 0 Å². The van der Waals surface area contributed by atoms with Gasteiger partial charge in [-0.2, -0.15) is 0 Å². The third kappa shape index (κ3) is 2.86. The molecule has 0 aromatic heterocycles. The lowest BCUT2D eigenvalue weighted by Crippen LogP contribution is -2.28. The molecule has 2 aliphatic heterocycles. The van der Waals surface area contributed by atoms with Crippen LogP contribution in [-0.2, 0) is 15.5 Å². The van der Waals surface area contributed by atoms with Gasteiger partial charge in [-0.3, -0.25) is 9.00 Å². The third-order valence-corrected chi connectivity index (χ3v) is 5.27. The van der Waals surface area contributed by atoms with Crippen molar-refractivity contribution in [3.63, 3.8) is 0 Å². The second kappa shape index (κ2) is 5.93. The van der Waals surface area contributed by atoms with Crippen LogP contribution < -0.4 is 9.47 Å². The van der Waals surface area contributed by atoms with Crippen molar-refractivity contribution in [2.24, 2.45) is 0 Å². The maximum Gasteiger partial charge on any atom is 0.231 e. The zero-order valence-corrected chi connectivity index (χ0v) is 11.8. The van der Waals surface area contributed by atoms with Gasteiger partial charge in [-0.25, -0.2) is 0 Å². The van der Waals surface area contributed by atoms with Crippen LogP contribution in [-0.4, -0.2) is 41.0 Å². The van der Waals surface area contributed by atoms with E-state index in [0.29, 0.717) is 30.3 Å². The number of carbonyl (C=O) groups is 1. The van der Waals surface area contributed by atoms with E-state index in [1.165, 1.54) is 0 Å². The van der Waals surface area contributed by atoms with E-state index < -0.39 is 10.8 Å². The molecule has 2 heterocycles. The Kier molecular flexibility index (Phi) is 4.03. The molecule has 0 spiro atoms. The van der Waals surface area contributed by atoms with Crippen molar-refractivity contribution >= 4 is 16.6 Å². The summed E-state index contributed by atoms with van der Waals surface area (Å²) in [6, 6.07) is 5.07. The SMILES string of the molecule is O=C(CS(=O)C1CCOCC1)c1ccc2c(c1)OCO2. The number of carbonyl (C=O) groups excluding carboxylic acids is 1. The summed E-state index contributed by atoms with van der Waals surface area (Å²) < 4.78 is 27.9.